The number of aliphatic hydroxyl groups excluding tert-OH is 2. The lowest BCUT2D eigenvalue weighted by Crippen LogP contribution is -2.36. The summed E-state index contributed by atoms with van der Waals surface area (Å²) in [7, 11) is -4.75. The summed E-state index contributed by atoms with van der Waals surface area (Å²) in [5, 5.41) is 19.6. The standard InChI is InChI=1S/C8H13N4O8P/c9-7-10-2-12(8(15)11-7)6-5(14)4(13)3(20-6)1-19-21(16,17)18/h2-6,13-14H,1H2,(H2,9,11,15)(H2,16,17,18)/t3-,4+,5+,6-/m1/s1. The smallest absolute Gasteiger partial charge is 0.387 e. The largest absolute Gasteiger partial charge is 0.469 e. The predicted octanol–water partition coefficient (Wildman–Crippen LogP) is -3.05. The Kier molecular flexibility index (Phi) is 4.39. The van der Waals surface area contributed by atoms with E-state index in [-0.39, 0.29) is 5.95 Å². The molecule has 0 amide bonds. The maximum Gasteiger partial charge on any atom is 0.469 e. The molecule has 13 heteroatoms. The monoisotopic (exact) mass is 324 g/mol. The fraction of sp³-hybridized carbons (Fsp3) is 0.625. The second kappa shape index (κ2) is 5.77. The van der Waals surface area contributed by atoms with E-state index in [1.165, 1.54) is 0 Å². The molecule has 0 bridgehead atoms. The van der Waals surface area contributed by atoms with Gasteiger partial charge in [-0.1, -0.05) is 0 Å². The number of aromatic nitrogens is 3. The van der Waals surface area contributed by atoms with Gasteiger partial charge in [-0.15, -0.1) is 0 Å². The molecule has 0 spiro atoms. The van der Waals surface area contributed by atoms with E-state index in [0.717, 1.165) is 10.9 Å². The number of phosphoric acid groups is 1. The predicted molar refractivity (Wildman–Crippen MR) is 64.6 cm³/mol. The number of anilines is 1. The fourth-order valence-electron chi connectivity index (χ4n) is 1.80. The fourth-order valence-corrected chi connectivity index (χ4v) is 2.14. The van der Waals surface area contributed by atoms with Gasteiger partial charge in [0.15, 0.2) is 6.23 Å². The van der Waals surface area contributed by atoms with Crippen LogP contribution in [0.4, 0.5) is 5.95 Å². The minimum Gasteiger partial charge on any atom is -0.387 e. The molecule has 0 aromatic carbocycles. The second-order valence-electron chi connectivity index (χ2n) is 4.24. The summed E-state index contributed by atoms with van der Waals surface area (Å²) < 4.78 is 20.8. The van der Waals surface area contributed by atoms with Gasteiger partial charge in [-0.05, 0) is 0 Å². The van der Waals surface area contributed by atoms with Crippen molar-refractivity contribution in [2.24, 2.45) is 0 Å². The number of aliphatic hydroxyl groups is 2. The average molecular weight is 324 g/mol. The highest BCUT2D eigenvalue weighted by atomic mass is 31.2. The summed E-state index contributed by atoms with van der Waals surface area (Å²) in [5.74, 6) is -0.273. The molecular formula is C8H13N4O8P. The number of nitrogens with two attached hydrogens (primary N) is 1. The minimum atomic E-state index is -4.75. The van der Waals surface area contributed by atoms with Gasteiger partial charge in [-0.3, -0.25) is 9.09 Å². The highest BCUT2D eigenvalue weighted by molar-refractivity contribution is 7.46. The molecule has 6 N–H and O–H groups in total. The zero-order chi connectivity index (χ0) is 15.8. The quantitative estimate of drug-likeness (QED) is 0.353. The van der Waals surface area contributed by atoms with Crippen molar-refractivity contribution in [3.8, 4) is 0 Å². The third-order valence-corrected chi connectivity index (χ3v) is 3.25. The van der Waals surface area contributed by atoms with Crippen LogP contribution in [0.2, 0.25) is 0 Å². The van der Waals surface area contributed by atoms with Crippen LogP contribution in [0.3, 0.4) is 0 Å². The number of nitrogens with zero attached hydrogens (tertiary/aromatic N) is 3. The Morgan fingerprint density at radius 1 is 1.43 bits per heavy atom. The van der Waals surface area contributed by atoms with E-state index >= 15 is 0 Å². The van der Waals surface area contributed by atoms with Crippen molar-refractivity contribution in [1.82, 2.24) is 14.5 Å². The molecular weight excluding hydrogens is 311 g/mol. The molecule has 2 rings (SSSR count). The number of hydrogen-bond donors (Lipinski definition) is 5. The molecule has 1 aromatic heterocycles. The normalized spacial score (nSPS) is 29.7. The molecule has 1 aromatic rings. The lowest BCUT2D eigenvalue weighted by atomic mass is 10.1. The maximum atomic E-state index is 11.6. The van der Waals surface area contributed by atoms with Crippen molar-refractivity contribution in [2.45, 2.75) is 24.5 Å². The summed E-state index contributed by atoms with van der Waals surface area (Å²) in [6.07, 6.45) is -4.68. The van der Waals surface area contributed by atoms with Gasteiger partial charge in [0.25, 0.3) is 0 Å². The van der Waals surface area contributed by atoms with E-state index < -0.39 is 44.7 Å². The van der Waals surface area contributed by atoms with Crippen molar-refractivity contribution in [1.29, 1.82) is 0 Å². The number of nitrogen functional groups attached to an aromatic ring is 1. The van der Waals surface area contributed by atoms with Gasteiger partial charge in [0, 0.05) is 0 Å². The van der Waals surface area contributed by atoms with E-state index in [0.29, 0.717) is 0 Å². The summed E-state index contributed by atoms with van der Waals surface area (Å²) in [6, 6.07) is 0. The van der Waals surface area contributed by atoms with E-state index in [9.17, 15) is 19.6 Å². The van der Waals surface area contributed by atoms with Gasteiger partial charge in [-0.2, -0.15) is 4.98 Å². The third-order valence-electron chi connectivity index (χ3n) is 2.76. The van der Waals surface area contributed by atoms with Crippen LogP contribution in [0, 0.1) is 0 Å². The molecule has 1 fully saturated rings. The molecule has 0 aliphatic carbocycles. The molecule has 118 valence electrons. The van der Waals surface area contributed by atoms with E-state index in [2.05, 4.69) is 14.5 Å². The molecule has 21 heavy (non-hydrogen) atoms. The molecule has 4 atom stereocenters. The first kappa shape index (κ1) is 16.0. The van der Waals surface area contributed by atoms with Crippen LogP contribution in [0.1, 0.15) is 6.23 Å². The van der Waals surface area contributed by atoms with Gasteiger partial charge in [-0.25, -0.2) is 14.3 Å². The Hall–Kier alpha value is -1.40. The minimum absolute atomic E-state index is 0.273. The van der Waals surface area contributed by atoms with Crippen molar-refractivity contribution in [2.75, 3.05) is 12.3 Å². The Balaban J connectivity index is 2.16. The van der Waals surface area contributed by atoms with Gasteiger partial charge in [0.2, 0.25) is 5.95 Å². The first-order valence-electron chi connectivity index (χ1n) is 5.61. The van der Waals surface area contributed by atoms with Crippen molar-refractivity contribution < 1.29 is 33.8 Å². The molecule has 12 nitrogen and oxygen atoms in total. The molecule has 2 heterocycles. The third kappa shape index (κ3) is 3.63. The van der Waals surface area contributed by atoms with Crippen molar-refractivity contribution in [3.05, 3.63) is 16.8 Å². The second-order valence-corrected chi connectivity index (χ2v) is 5.48. The summed E-state index contributed by atoms with van der Waals surface area (Å²) >= 11 is 0. The summed E-state index contributed by atoms with van der Waals surface area (Å²) in [5.41, 5.74) is 4.35. The van der Waals surface area contributed by atoms with Gasteiger partial charge in [0.1, 0.15) is 24.6 Å². The van der Waals surface area contributed by atoms with Crippen LogP contribution in [0.5, 0.6) is 0 Å². The Labute approximate surface area is 117 Å². The number of ether oxygens (including phenoxy) is 1. The lowest BCUT2D eigenvalue weighted by Gasteiger charge is -2.16. The molecule has 1 aliphatic rings. The maximum absolute atomic E-state index is 11.6. The molecule has 1 aliphatic heterocycles. The first-order chi connectivity index (χ1) is 9.69. The van der Waals surface area contributed by atoms with Crippen LogP contribution in [0.15, 0.2) is 11.1 Å². The molecule has 0 saturated carbocycles. The van der Waals surface area contributed by atoms with E-state index in [4.69, 9.17) is 20.3 Å². The van der Waals surface area contributed by atoms with Crippen molar-refractivity contribution in [3.63, 3.8) is 0 Å². The molecule has 0 unspecified atom stereocenters. The summed E-state index contributed by atoms with van der Waals surface area (Å²) in [6.45, 7) is -0.677. The van der Waals surface area contributed by atoms with E-state index in [1.807, 2.05) is 0 Å². The van der Waals surface area contributed by atoms with Crippen LogP contribution < -0.4 is 11.4 Å². The highest BCUT2D eigenvalue weighted by Gasteiger charge is 2.45. The van der Waals surface area contributed by atoms with Crippen molar-refractivity contribution >= 4 is 13.8 Å². The Morgan fingerprint density at radius 2 is 2.10 bits per heavy atom. The molecule has 0 radical (unpaired) electrons. The zero-order valence-electron chi connectivity index (χ0n) is 10.4. The van der Waals surface area contributed by atoms with Crippen LogP contribution in [-0.2, 0) is 13.8 Å². The SMILES string of the molecule is Nc1ncn([C@@H]2O[C@H](COP(=O)(O)O)[C@H](O)[C@@H]2O)c(=O)n1. The average Bonchev–Trinajstić information content (AvgIpc) is 2.64. The highest BCUT2D eigenvalue weighted by Crippen LogP contribution is 2.38. The lowest BCUT2D eigenvalue weighted by molar-refractivity contribution is -0.0547. The Morgan fingerprint density at radius 3 is 2.67 bits per heavy atom. The van der Waals surface area contributed by atoms with Gasteiger partial charge in [0.05, 0.1) is 6.61 Å². The van der Waals surface area contributed by atoms with Gasteiger partial charge >= 0.3 is 13.5 Å². The van der Waals surface area contributed by atoms with Crippen LogP contribution in [0.25, 0.3) is 0 Å². The zero-order valence-corrected chi connectivity index (χ0v) is 11.3. The van der Waals surface area contributed by atoms with E-state index in [1.54, 1.807) is 0 Å². The Bertz CT molecular complexity index is 617. The topological polar surface area (TPSA) is 190 Å². The summed E-state index contributed by atoms with van der Waals surface area (Å²) in [4.78, 5) is 35.7. The number of hydrogen-bond acceptors (Lipinski definition) is 9. The number of rotatable bonds is 4. The first-order valence-corrected chi connectivity index (χ1v) is 7.14. The van der Waals surface area contributed by atoms with Crippen LogP contribution in [-0.4, -0.2) is 59.5 Å². The molecule has 1 saturated heterocycles. The van der Waals surface area contributed by atoms with Crippen LogP contribution >= 0.6 is 7.82 Å². The van der Waals surface area contributed by atoms with Gasteiger partial charge < -0.3 is 30.5 Å². The number of phosphoric ester groups is 1.